The Balaban J connectivity index is 0.00000261. The minimum absolute atomic E-state index is 0. The number of hydrogen-bond acceptors (Lipinski definition) is 5. The molecule has 5 nitrogen and oxygen atoms in total. The van der Waals surface area contributed by atoms with E-state index in [1.807, 2.05) is 0 Å². The molecule has 0 fully saturated rings. The molecule has 2 aromatic rings. The molecule has 0 unspecified atom stereocenters. The summed E-state index contributed by atoms with van der Waals surface area (Å²) in [6.07, 6.45) is 1.67. The number of fused-ring (bicyclic) bond motifs is 1. The second-order valence-electron chi connectivity index (χ2n) is 6.06. The highest BCUT2D eigenvalue weighted by molar-refractivity contribution is 6.14. The lowest BCUT2D eigenvalue weighted by Crippen LogP contribution is -2.27. The van der Waals surface area contributed by atoms with Gasteiger partial charge in [0.1, 0.15) is 23.9 Å². The Labute approximate surface area is 165 Å². The normalized spacial score (nSPS) is 14.0. The molecular formula is C21H24ClNO4. The highest BCUT2D eigenvalue weighted by Gasteiger charge is 2.27. The van der Waals surface area contributed by atoms with Gasteiger partial charge in [0.2, 0.25) is 5.78 Å². The molecule has 1 heterocycles. The van der Waals surface area contributed by atoms with Crippen LogP contribution in [-0.2, 0) is 0 Å². The number of benzene rings is 2. The Morgan fingerprint density at radius 1 is 1.11 bits per heavy atom. The lowest BCUT2D eigenvalue weighted by molar-refractivity contribution is 0.101. The minimum Gasteiger partial charge on any atom is -0.508 e. The first kappa shape index (κ1) is 20.8. The van der Waals surface area contributed by atoms with Gasteiger partial charge in [0, 0.05) is 12.6 Å². The molecule has 1 aliphatic heterocycles. The number of likely N-dealkylation sites (N-methyl/N-ethyl adjacent to an activating group) is 1. The summed E-state index contributed by atoms with van der Waals surface area (Å²) < 4.78 is 11.5. The van der Waals surface area contributed by atoms with Gasteiger partial charge in [-0.05, 0) is 49.0 Å². The molecule has 0 saturated carbocycles. The summed E-state index contributed by atoms with van der Waals surface area (Å²) in [5.74, 6) is 1.50. The Bertz CT molecular complexity index is 813. The first-order valence-electron chi connectivity index (χ1n) is 8.83. The van der Waals surface area contributed by atoms with Gasteiger partial charge in [-0.1, -0.05) is 26.0 Å². The van der Waals surface area contributed by atoms with Crippen LogP contribution < -0.4 is 9.47 Å². The molecular weight excluding hydrogens is 366 g/mol. The zero-order valence-corrected chi connectivity index (χ0v) is 16.3. The molecule has 0 radical (unpaired) electrons. The molecule has 3 rings (SSSR count). The third-order valence-electron chi connectivity index (χ3n) is 4.40. The van der Waals surface area contributed by atoms with Crippen molar-refractivity contribution < 1.29 is 19.4 Å². The number of aromatic hydroxyl groups is 1. The zero-order chi connectivity index (χ0) is 18.5. The summed E-state index contributed by atoms with van der Waals surface area (Å²) in [4.78, 5) is 14.8. The second kappa shape index (κ2) is 9.44. The van der Waals surface area contributed by atoms with Crippen molar-refractivity contribution in [3.8, 4) is 17.2 Å². The predicted octanol–water partition coefficient (Wildman–Crippen LogP) is 4.15. The first-order valence-corrected chi connectivity index (χ1v) is 8.83. The highest BCUT2D eigenvalue weighted by atomic mass is 35.5. The Kier molecular flexibility index (Phi) is 7.28. The number of ketones is 1. The Morgan fingerprint density at radius 2 is 1.81 bits per heavy atom. The number of halogens is 1. The number of hydrogen-bond donors (Lipinski definition) is 1. The summed E-state index contributed by atoms with van der Waals surface area (Å²) in [6, 6.07) is 11.9. The number of allylic oxidation sites excluding steroid dienone is 1. The lowest BCUT2D eigenvalue weighted by atomic mass is 10.1. The van der Waals surface area contributed by atoms with Gasteiger partial charge in [0.15, 0.2) is 5.76 Å². The maximum absolute atomic E-state index is 12.5. The number of Topliss-reactive ketones (excluding diaryl/α,β-unsaturated/α-hetero) is 1. The van der Waals surface area contributed by atoms with Crippen molar-refractivity contribution in [3.63, 3.8) is 0 Å². The van der Waals surface area contributed by atoms with Crippen molar-refractivity contribution in [2.24, 2.45) is 0 Å². The zero-order valence-electron chi connectivity index (χ0n) is 15.5. The fourth-order valence-corrected chi connectivity index (χ4v) is 2.81. The highest BCUT2D eigenvalue weighted by Crippen LogP contribution is 2.35. The third kappa shape index (κ3) is 5.02. The summed E-state index contributed by atoms with van der Waals surface area (Å²) in [5, 5.41) is 9.34. The van der Waals surface area contributed by atoms with E-state index in [0.29, 0.717) is 23.7 Å². The topological polar surface area (TPSA) is 59.0 Å². The molecule has 6 heteroatoms. The molecule has 0 bridgehead atoms. The number of rotatable bonds is 7. The van der Waals surface area contributed by atoms with Gasteiger partial charge in [0.05, 0.1) is 5.56 Å². The molecule has 2 aromatic carbocycles. The van der Waals surface area contributed by atoms with Gasteiger partial charge in [-0.25, -0.2) is 0 Å². The van der Waals surface area contributed by atoms with Crippen LogP contribution in [0.4, 0.5) is 0 Å². The van der Waals surface area contributed by atoms with Gasteiger partial charge in [-0.3, -0.25) is 4.79 Å². The van der Waals surface area contributed by atoms with Crippen LogP contribution >= 0.6 is 12.4 Å². The van der Waals surface area contributed by atoms with Crippen LogP contribution in [0.25, 0.3) is 6.08 Å². The second-order valence-corrected chi connectivity index (χ2v) is 6.06. The van der Waals surface area contributed by atoms with Gasteiger partial charge in [-0.2, -0.15) is 0 Å². The van der Waals surface area contributed by atoms with Crippen molar-refractivity contribution in [2.45, 2.75) is 13.8 Å². The number of carbonyl (C=O) groups excluding carboxylic acids is 1. The number of ether oxygens (including phenoxy) is 2. The molecule has 1 N–H and O–H groups in total. The minimum atomic E-state index is -0.150. The molecule has 27 heavy (non-hydrogen) atoms. The fourth-order valence-electron chi connectivity index (χ4n) is 2.81. The SMILES string of the molecule is CCN(CC)CCOc1ccc2c(c1)O/C(=C\c1ccc(O)cc1)C2=O.Cl. The maximum Gasteiger partial charge on any atom is 0.231 e. The van der Waals surface area contributed by atoms with Crippen LogP contribution in [0.2, 0.25) is 0 Å². The van der Waals surface area contributed by atoms with Crippen molar-refractivity contribution >= 4 is 24.3 Å². The van der Waals surface area contributed by atoms with E-state index in [1.54, 1.807) is 48.5 Å². The van der Waals surface area contributed by atoms with E-state index in [-0.39, 0.29) is 29.7 Å². The van der Waals surface area contributed by atoms with E-state index in [4.69, 9.17) is 9.47 Å². The predicted molar refractivity (Wildman–Crippen MR) is 108 cm³/mol. The van der Waals surface area contributed by atoms with E-state index in [0.717, 1.165) is 25.2 Å². The molecule has 144 valence electrons. The smallest absolute Gasteiger partial charge is 0.231 e. The monoisotopic (exact) mass is 389 g/mol. The van der Waals surface area contributed by atoms with Gasteiger partial charge < -0.3 is 19.5 Å². The molecule has 0 aliphatic carbocycles. The molecule has 0 aromatic heterocycles. The first-order chi connectivity index (χ1) is 12.6. The van der Waals surface area contributed by atoms with Crippen LogP contribution in [0.5, 0.6) is 17.2 Å². The fraction of sp³-hybridized carbons (Fsp3) is 0.286. The standard InChI is InChI=1S/C21H23NO4.ClH/c1-3-22(4-2)11-12-25-17-9-10-18-19(14-17)26-20(21(18)24)13-15-5-7-16(23)8-6-15;/h5-10,13-14,23H,3-4,11-12H2,1-2H3;1H/b20-13-;. The van der Waals surface area contributed by atoms with E-state index in [2.05, 4.69) is 18.7 Å². The Hall–Kier alpha value is -2.50. The molecule has 0 spiro atoms. The lowest BCUT2D eigenvalue weighted by Gasteiger charge is -2.18. The molecule has 0 amide bonds. The van der Waals surface area contributed by atoms with E-state index in [1.165, 1.54) is 0 Å². The van der Waals surface area contributed by atoms with Crippen molar-refractivity contribution in [1.29, 1.82) is 0 Å². The van der Waals surface area contributed by atoms with Crippen LogP contribution in [0.15, 0.2) is 48.2 Å². The van der Waals surface area contributed by atoms with Gasteiger partial charge in [-0.15, -0.1) is 12.4 Å². The van der Waals surface area contributed by atoms with Crippen molar-refractivity contribution in [1.82, 2.24) is 4.90 Å². The van der Waals surface area contributed by atoms with Gasteiger partial charge in [0.25, 0.3) is 0 Å². The van der Waals surface area contributed by atoms with Crippen molar-refractivity contribution in [3.05, 3.63) is 59.4 Å². The number of carbonyl (C=O) groups is 1. The maximum atomic E-state index is 12.5. The van der Waals surface area contributed by atoms with Crippen LogP contribution in [0.3, 0.4) is 0 Å². The Morgan fingerprint density at radius 3 is 2.48 bits per heavy atom. The average molecular weight is 390 g/mol. The van der Waals surface area contributed by atoms with E-state index >= 15 is 0 Å². The van der Waals surface area contributed by atoms with Crippen molar-refractivity contribution in [2.75, 3.05) is 26.2 Å². The third-order valence-corrected chi connectivity index (χ3v) is 4.40. The van der Waals surface area contributed by atoms with E-state index < -0.39 is 0 Å². The number of nitrogens with zero attached hydrogens (tertiary/aromatic N) is 1. The average Bonchev–Trinajstić information content (AvgIpc) is 2.96. The summed E-state index contributed by atoms with van der Waals surface area (Å²) >= 11 is 0. The molecule has 0 saturated heterocycles. The van der Waals surface area contributed by atoms with E-state index in [9.17, 15) is 9.90 Å². The van der Waals surface area contributed by atoms with Gasteiger partial charge >= 0.3 is 0 Å². The quantitative estimate of drug-likeness (QED) is 0.721. The van der Waals surface area contributed by atoms with Crippen LogP contribution in [0, 0.1) is 0 Å². The molecule has 1 aliphatic rings. The number of phenolic OH excluding ortho intramolecular Hbond substituents is 1. The van der Waals surface area contributed by atoms with Crippen LogP contribution in [0.1, 0.15) is 29.8 Å². The summed E-state index contributed by atoms with van der Waals surface area (Å²) in [7, 11) is 0. The largest absolute Gasteiger partial charge is 0.508 e. The van der Waals surface area contributed by atoms with Crippen LogP contribution in [-0.4, -0.2) is 42.0 Å². The number of phenols is 1. The summed E-state index contributed by atoms with van der Waals surface area (Å²) in [5.41, 5.74) is 1.32. The molecule has 0 atom stereocenters. The summed E-state index contributed by atoms with van der Waals surface area (Å²) in [6.45, 7) is 7.68.